The van der Waals surface area contributed by atoms with Crippen molar-refractivity contribution in [1.82, 2.24) is 19.5 Å². The minimum Gasteiger partial charge on any atom is -0.387 e. The number of nitrogens with zero attached hydrogens (tertiary/aromatic N) is 4. The number of aromatic nitrogens is 4. The van der Waals surface area contributed by atoms with Crippen LogP contribution < -0.4 is 10.8 Å². The van der Waals surface area contributed by atoms with Gasteiger partial charge in [0, 0.05) is 5.69 Å². The van der Waals surface area contributed by atoms with Crippen molar-refractivity contribution in [2.45, 2.75) is 24.5 Å². The normalized spacial score (nSPS) is 26.4. The number of anilines is 2. The Balaban J connectivity index is 1.46. The van der Waals surface area contributed by atoms with Gasteiger partial charge in [-0.05, 0) is 12.1 Å². The average Bonchev–Trinajstić information content (AvgIpc) is 3.24. The van der Waals surface area contributed by atoms with Gasteiger partial charge in [-0.2, -0.15) is 0 Å². The first-order chi connectivity index (χ1) is 13.9. The monoisotopic (exact) mass is 422 g/mol. The highest BCUT2D eigenvalue weighted by Crippen LogP contribution is 2.43. The maximum absolute atomic E-state index is 12.2. The summed E-state index contributed by atoms with van der Waals surface area (Å²) in [7, 11) is -4.22. The quantitative estimate of drug-likeness (QED) is 0.344. The third-order valence-corrected chi connectivity index (χ3v) is 5.50. The second-order valence-corrected chi connectivity index (χ2v) is 7.95. The third kappa shape index (κ3) is 3.94. The molecule has 5 atom stereocenters. The standard InChI is InChI=1S/C16H19N6O6P/c17-14-11-15(19-7-18-14)22(8-20-11)16-13(24)12(23)10(28-16)6-27-29(25,26)21-9-4-2-1-3-5-9/h1-5,7-8,10,12-13,16,23-24H,6H2,(H2,17,18,19)(H2,21,25,26)/t10-,12-,13-,16-/m1/s1. The number of nitrogen functional groups attached to an aromatic ring is 1. The van der Waals surface area contributed by atoms with Gasteiger partial charge < -0.3 is 25.6 Å². The first kappa shape index (κ1) is 19.7. The molecule has 1 aromatic carbocycles. The van der Waals surface area contributed by atoms with Gasteiger partial charge in [-0.3, -0.25) is 14.2 Å². The molecule has 12 nitrogen and oxygen atoms in total. The van der Waals surface area contributed by atoms with E-state index >= 15 is 0 Å². The van der Waals surface area contributed by atoms with E-state index in [-0.39, 0.29) is 5.82 Å². The first-order valence-electron chi connectivity index (χ1n) is 8.61. The number of fused-ring (bicyclic) bond motifs is 1. The largest absolute Gasteiger partial charge is 0.430 e. The smallest absolute Gasteiger partial charge is 0.387 e. The van der Waals surface area contributed by atoms with E-state index in [1.807, 2.05) is 0 Å². The van der Waals surface area contributed by atoms with Gasteiger partial charge in [-0.25, -0.2) is 19.5 Å². The fourth-order valence-corrected chi connectivity index (χ4v) is 3.92. The molecular weight excluding hydrogens is 403 g/mol. The average molecular weight is 422 g/mol. The van der Waals surface area contributed by atoms with Crippen molar-refractivity contribution in [2.24, 2.45) is 0 Å². The fraction of sp³-hybridized carbons (Fsp3) is 0.312. The lowest BCUT2D eigenvalue weighted by Gasteiger charge is -2.18. The van der Waals surface area contributed by atoms with Crippen molar-refractivity contribution in [3.05, 3.63) is 43.0 Å². The lowest BCUT2D eigenvalue weighted by atomic mass is 10.1. The van der Waals surface area contributed by atoms with Crippen LogP contribution in [0.4, 0.5) is 11.5 Å². The molecule has 3 heterocycles. The summed E-state index contributed by atoms with van der Waals surface area (Å²) < 4.78 is 24.3. The van der Waals surface area contributed by atoms with Crippen LogP contribution in [-0.4, -0.2) is 59.5 Å². The summed E-state index contributed by atoms with van der Waals surface area (Å²) in [5.74, 6) is 0.162. The van der Waals surface area contributed by atoms with E-state index in [9.17, 15) is 19.7 Å². The molecular formula is C16H19N6O6P. The second kappa shape index (κ2) is 7.67. The fourth-order valence-electron chi connectivity index (χ4n) is 3.04. The minimum atomic E-state index is -4.22. The molecule has 29 heavy (non-hydrogen) atoms. The van der Waals surface area contributed by atoms with Crippen LogP contribution in [0.5, 0.6) is 0 Å². The van der Waals surface area contributed by atoms with Gasteiger partial charge in [0.25, 0.3) is 0 Å². The predicted octanol–water partition coefficient (Wildman–Crippen LogP) is 0.257. The number of nitrogens with one attached hydrogen (secondary N) is 1. The Morgan fingerprint density at radius 2 is 1.97 bits per heavy atom. The molecule has 1 aliphatic heterocycles. The van der Waals surface area contributed by atoms with Crippen LogP contribution in [0.3, 0.4) is 0 Å². The van der Waals surface area contributed by atoms with Crippen LogP contribution in [0, 0.1) is 0 Å². The number of hydrogen-bond acceptors (Lipinski definition) is 9. The number of para-hydroxylation sites is 1. The van der Waals surface area contributed by atoms with Gasteiger partial charge in [0.2, 0.25) is 0 Å². The molecule has 0 aliphatic carbocycles. The number of benzene rings is 1. The summed E-state index contributed by atoms with van der Waals surface area (Å²) >= 11 is 0. The molecule has 4 rings (SSSR count). The molecule has 2 aromatic heterocycles. The molecule has 154 valence electrons. The molecule has 6 N–H and O–H groups in total. The van der Waals surface area contributed by atoms with Crippen molar-refractivity contribution in [3.8, 4) is 0 Å². The van der Waals surface area contributed by atoms with Crippen LogP contribution in [0.2, 0.25) is 0 Å². The highest BCUT2D eigenvalue weighted by atomic mass is 31.2. The van der Waals surface area contributed by atoms with Gasteiger partial charge in [0.05, 0.1) is 12.9 Å². The molecule has 1 unspecified atom stereocenters. The molecule has 0 amide bonds. The van der Waals surface area contributed by atoms with Crippen molar-refractivity contribution in [3.63, 3.8) is 0 Å². The zero-order valence-electron chi connectivity index (χ0n) is 14.9. The zero-order valence-corrected chi connectivity index (χ0v) is 15.8. The van der Waals surface area contributed by atoms with Crippen LogP contribution in [0.25, 0.3) is 11.2 Å². The van der Waals surface area contributed by atoms with Gasteiger partial charge in [0.15, 0.2) is 17.7 Å². The molecule has 1 fully saturated rings. The van der Waals surface area contributed by atoms with E-state index in [4.69, 9.17) is 15.0 Å². The molecule has 3 aromatic rings. The van der Waals surface area contributed by atoms with E-state index in [1.54, 1.807) is 30.3 Å². The number of imidazole rings is 1. The Morgan fingerprint density at radius 3 is 2.72 bits per heavy atom. The lowest BCUT2D eigenvalue weighted by Crippen LogP contribution is -2.33. The van der Waals surface area contributed by atoms with Crippen molar-refractivity contribution in [1.29, 1.82) is 0 Å². The van der Waals surface area contributed by atoms with E-state index in [2.05, 4.69) is 20.0 Å². The van der Waals surface area contributed by atoms with Crippen LogP contribution >= 0.6 is 7.75 Å². The molecule has 0 spiro atoms. The predicted molar refractivity (Wildman–Crippen MR) is 102 cm³/mol. The Kier molecular flexibility index (Phi) is 5.21. The molecule has 0 saturated carbocycles. The lowest BCUT2D eigenvalue weighted by molar-refractivity contribution is -0.0483. The molecule has 13 heteroatoms. The van der Waals surface area contributed by atoms with E-state index < -0.39 is 38.9 Å². The highest BCUT2D eigenvalue weighted by molar-refractivity contribution is 7.54. The van der Waals surface area contributed by atoms with Crippen molar-refractivity contribution >= 4 is 30.4 Å². The Hall–Kier alpha value is -2.60. The first-order valence-corrected chi connectivity index (χ1v) is 10.2. The van der Waals surface area contributed by atoms with Crippen molar-refractivity contribution in [2.75, 3.05) is 17.4 Å². The summed E-state index contributed by atoms with van der Waals surface area (Å²) in [6, 6.07) is 8.35. The summed E-state index contributed by atoms with van der Waals surface area (Å²) in [5, 5.41) is 23.1. The summed E-state index contributed by atoms with van der Waals surface area (Å²) in [6.45, 7) is -0.438. The number of ether oxygens (including phenoxy) is 1. The number of aliphatic hydroxyl groups is 2. The van der Waals surface area contributed by atoms with Gasteiger partial charge in [-0.15, -0.1) is 0 Å². The maximum Gasteiger partial charge on any atom is 0.430 e. The molecule has 0 radical (unpaired) electrons. The Morgan fingerprint density at radius 1 is 1.21 bits per heavy atom. The van der Waals surface area contributed by atoms with Gasteiger partial charge in [-0.1, -0.05) is 18.2 Å². The van der Waals surface area contributed by atoms with Crippen LogP contribution in [0.1, 0.15) is 6.23 Å². The van der Waals surface area contributed by atoms with Gasteiger partial charge in [0.1, 0.15) is 30.2 Å². The molecule has 1 aliphatic rings. The second-order valence-electron chi connectivity index (χ2n) is 6.42. The molecule has 1 saturated heterocycles. The SMILES string of the molecule is Nc1ncnc2c1ncn2[C@@H]1O[C@H](COP(=O)(O)Nc2ccccc2)[C@@H](O)[C@H]1O. The number of rotatable bonds is 6. The van der Waals surface area contributed by atoms with Gasteiger partial charge >= 0.3 is 7.75 Å². The topological polar surface area (TPSA) is 178 Å². The summed E-state index contributed by atoms with van der Waals surface area (Å²) in [6.07, 6.45) is -2.23. The Labute approximate surface area is 164 Å². The van der Waals surface area contributed by atoms with E-state index in [0.717, 1.165) is 0 Å². The molecule has 0 bridgehead atoms. The number of aliphatic hydroxyl groups excluding tert-OH is 2. The number of nitrogens with two attached hydrogens (primary N) is 1. The minimum absolute atomic E-state index is 0.162. The third-order valence-electron chi connectivity index (χ3n) is 4.46. The highest BCUT2D eigenvalue weighted by Gasteiger charge is 2.45. The zero-order chi connectivity index (χ0) is 20.6. The summed E-state index contributed by atoms with van der Waals surface area (Å²) in [5.41, 5.74) is 6.78. The van der Waals surface area contributed by atoms with Crippen LogP contribution in [-0.2, 0) is 13.8 Å². The number of hydrogen-bond donors (Lipinski definition) is 5. The Bertz CT molecular complexity index is 1050. The summed E-state index contributed by atoms with van der Waals surface area (Å²) in [4.78, 5) is 22.0. The van der Waals surface area contributed by atoms with Crippen LogP contribution in [0.15, 0.2) is 43.0 Å². The van der Waals surface area contributed by atoms with E-state index in [1.165, 1.54) is 17.2 Å². The maximum atomic E-state index is 12.2. The van der Waals surface area contributed by atoms with Crippen molar-refractivity contribution < 1.29 is 28.9 Å². The van der Waals surface area contributed by atoms with E-state index in [0.29, 0.717) is 16.9 Å².